The monoisotopic (exact) mass is 436 g/mol. The van der Waals surface area contributed by atoms with Crippen LogP contribution >= 0.6 is 23.4 Å². The summed E-state index contributed by atoms with van der Waals surface area (Å²) < 4.78 is 10.5. The first-order valence-electron chi connectivity index (χ1n) is 9.49. The molecule has 1 aromatic carbocycles. The number of ether oxygens (including phenoxy) is 2. The van der Waals surface area contributed by atoms with E-state index < -0.39 is 0 Å². The van der Waals surface area contributed by atoms with Crippen LogP contribution in [0.2, 0.25) is 5.15 Å². The van der Waals surface area contributed by atoms with Gasteiger partial charge in [0, 0.05) is 25.7 Å². The second-order valence-corrected chi connectivity index (χ2v) is 7.93. The SMILES string of the molecule is COc1ccc(CCNC(=O)CSc2nc(Cl)cc(N3CCCC3)n2)cc1OC. The van der Waals surface area contributed by atoms with E-state index in [1.165, 1.54) is 11.8 Å². The summed E-state index contributed by atoms with van der Waals surface area (Å²) in [6.07, 6.45) is 3.02. The fourth-order valence-electron chi connectivity index (χ4n) is 3.12. The van der Waals surface area contributed by atoms with Crippen LogP contribution in [0.3, 0.4) is 0 Å². The van der Waals surface area contributed by atoms with Crippen LogP contribution in [0.15, 0.2) is 29.4 Å². The lowest BCUT2D eigenvalue weighted by Crippen LogP contribution is -2.27. The Bertz CT molecular complexity index is 846. The first-order valence-corrected chi connectivity index (χ1v) is 10.9. The summed E-state index contributed by atoms with van der Waals surface area (Å²) in [5, 5.41) is 3.84. The minimum Gasteiger partial charge on any atom is -0.493 e. The van der Waals surface area contributed by atoms with Gasteiger partial charge in [-0.3, -0.25) is 4.79 Å². The maximum Gasteiger partial charge on any atom is 0.230 e. The van der Waals surface area contributed by atoms with Gasteiger partial charge in [0.15, 0.2) is 16.7 Å². The van der Waals surface area contributed by atoms with Crippen LogP contribution in [0, 0.1) is 0 Å². The lowest BCUT2D eigenvalue weighted by molar-refractivity contribution is -0.118. The Balaban J connectivity index is 1.47. The van der Waals surface area contributed by atoms with Crippen LogP contribution in [0.1, 0.15) is 18.4 Å². The maximum absolute atomic E-state index is 12.2. The highest BCUT2D eigenvalue weighted by molar-refractivity contribution is 7.99. The van der Waals surface area contributed by atoms with Crippen LogP contribution in [-0.2, 0) is 11.2 Å². The molecular formula is C20H25ClN4O3S. The van der Waals surface area contributed by atoms with Gasteiger partial charge in [0.1, 0.15) is 11.0 Å². The zero-order valence-corrected chi connectivity index (χ0v) is 18.2. The average Bonchev–Trinajstić information content (AvgIpc) is 3.27. The molecule has 0 spiro atoms. The molecule has 1 aliphatic rings. The molecule has 29 heavy (non-hydrogen) atoms. The quantitative estimate of drug-likeness (QED) is 0.367. The van der Waals surface area contributed by atoms with Crippen LogP contribution < -0.4 is 19.7 Å². The van der Waals surface area contributed by atoms with Gasteiger partial charge in [-0.25, -0.2) is 9.97 Å². The Labute approximate surface area is 180 Å². The van der Waals surface area contributed by atoms with E-state index >= 15 is 0 Å². The van der Waals surface area contributed by atoms with Gasteiger partial charge >= 0.3 is 0 Å². The Morgan fingerprint density at radius 1 is 1.17 bits per heavy atom. The fraction of sp³-hybridized carbons (Fsp3) is 0.450. The number of methoxy groups -OCH3 is 2. The number of nitrogens with one attached hydrogen (secondary N) is 1. The summed E-state index contributed by atoms with van der Waals surface area (Å²) in [7, 11) is 3.21. The molecule has 0 bridgehead atoms. The predicted octanol–water partition coefficient (Wildman–Crippen LogP) is 3.20. The number of benzene rings is 1. The van der Waals surface area contributed by atoms with E-state index in [2.05, 4.69) is 20.2 Å². The summed E-state index contributed by atoms with van der Waals surface area (Å²) in [6, 6.07) is 7.52. The zero-order valence-electron chi connectivity index (χ0n) is 16.6. The molecule has 0 unspecified atom stereocenters. The number of halogens is 1. The molecule has 1 aromatic heterocycles. The molecule has 2 heterocycles. The third-order valence-corrected chi connectivity index (χ3v) is 5.65. The Morgan fingerprint density at radius 3 is 2.66 bits per heavy atom. The van der Waals surface area contributed by atoms with Gasteiger partial charge in [-0.15, -0.1) is 0 Å². The Morgan fingerprint density at radius 2 is 1.93 bits per heavy atom. The molecule has 1 N–H and O–H groups in total. The summed E-state index contributed by atoms with van der Waals surface area (Å²) in [5.41, 5.74) is 1.06. The van der Waals surface area contributed by atoms with Crippen LogP contribution in [0.25, 0.3) is 0 Å². The molecule has 0 radical (unpaired) electrons. The molecule has 2 aromatic rings. The Hall–Kier alpha value is -2.19. The van der Waals surface area contributed by atoms with Crippen LogP contribution in [0.5, 0.6) is 11.5 Å². The van der Waals surface area contributed by atoms with Crippen molar-refractivity contribution < 1.29 is 14.3 Å². The number of hydrogen-bond donors (Lipinski definition) is 1. The minimum atomic E-state index is -0.0678. The standard InChI is InChI=1S/C20H25ClN4O3S/c1-27-15-6-5-14(11-16(15)28-2)7-8-22-19(26)13-29-20-23-17(21)12-18(24-20)25-9-3-4-10-25/h5-6,11-12H,3-4,7-10,13H2,1-2H3,(H,22,26). The Kier molecular flexibility index (Phi) is 7.83. The molecular weight excluding hydrogens is 412 g/mol. The number of rotatable bonds is 9. The highest BCUT2D eigenvalue weighted by Gasteiger charge is 2.16. The van der Waals surface area contributed by atoms with Crippen molar-refractivity contribution in [3.8, 4) is 11.5 Å². The van der Waals surface area contributed by atoms with Gasteiger partial charge in [-0.2, -0.15) is 0 Å². The van der Waals surface area contributed by atoms with Gasteiger partial charge in [0.05, 0.1) is 20.0 Å². The minimum absolute atomic E-state index is 0.0678. The van der Waals surface area contributed by atoms with Crippen molar-refractivity contribution in [2.24, 2.45) is 0 Å². The number of anilines is 1. The van der Waals surface area contributed by atoms with Crippen molar-refractivity contribution in [1.82, 2.24) is 15.3 Å². The second-order valence-electron chi connectivity index (χ2n) is 6.60. The maximum atomic E-state index is 12.2. The van der Waals surface area contributed by atoms with E-state index in [0.717, 1.165) is 37.3 Å². The van der Waals surface area contributed by atoms with Gasteiger partial charge < -0.3 is 19.7 Å². The molecule has 9 heteroatoms. The van der Waals surface area contributed by atoms with Crippen molar-refractivity contribution in [2.75, 3.05) is 44.5 Å². The number of aromatic nitrogens is 2. The van der Waals surface area contributed by atoms with E-state index in [4.69, 9.17) is 21.1 Å². The number of thioether (sulfide) groups is 1. The lowest BCUT2D eigenvalue weighted by Gasteiger charge is -2.16. The second kappa shape index (κ2) is 10.5. The number of amides is 1. The molecule has 156 valence electrons. The highest BCUT2D eigenvalue weighted by atomic mass is 35.5. The van der Waals surface area contributed by atoms with Crippen molar-refractivity contribution in [1.29, 1.82) is 0 Å². The molecule has 0 atom stereocenters. The molecule has 7 nitrogen and oxygen atoms in total. The third-order valence-electron chi connectivity index (χ3n) is 4.61. The lowest BCUT2D eigenvalue weighted by atomic mass is 10.1. The van der Waals surface area contributed by atoms with E-state index in [1.54, 1.807) is 20.3 Å². The molecule has 0 saturated carbocycles. The van der Waals surface area contributed by atoms with E-state index in [1.807, 2.05) is 18.2 Å². The van der Waals surface area contributed by atoms with Crippen molar-refractivity contribution >= 4 is 35.1 Å². The summed E-state index contributed by atoms with van der Waals surface area (Å²) in [6.45, 7) is 2.49. The van der Waals surface area contributed by atoms with Gasteiger partial charge in [0.25, 0.3) is 0 Å². The zero-order chi connectivity index (χ0) is 20.6. The summed E-state index contributed by atoms with van der Waals surface area (Å²) >= 11 is 7.42. The normalized spacial score (nSPS) is 13.4. The largest absolute Gasteiger partial charge is 0.493 e. The van der Waals surface area contributed by atoms with Gasteiger partial charge in [-0.05, 0) is 37.0 Å². The van der Waals surface area contributed by atoms with Crippen LogP contribution in [-0.4, -0.2) is 55.5 Å². The van der Waals surface area contributed by atoms with Gasteiger partial charge in [0.2, 0.25) is 5.91 Å². The van der Waals surface area contributed by atoms with Crippen molar-refractivity contribution in [3.05, 3.63) is 35.0 Å². The molecule has 1 amide bonds. The highest BCUT2D eigenvalue weighted by Crippen LogP contribution is 2.27. The number of nitrogens with zero attached hydrogens (tertiary/aromatic N) is 3. The summed E-state index contributed by atoms with van der Waals surface area (Å²) in [4.78, 5) is 23.1. The summed E-state index contributed by atoms with van der Waals surface area (Å²) in [5.74, 6) is 2.37. The smallest absolute Gasteiger partial charge is 0.230 e. The van der Waals surface area contributed by atoms with Crippen LogP contribution in [0.4, 0.5) is 5.82 Å². The topological polar surface area (TPSA) is 76.6 Å². The average molecular weight is 437 g/mol. The first-order chi connectivity index (χ1) is 14.1. The first kappa shape index (κ1) is 21.5. The molecule has 1 fully saturated rings. The molecule has 3 rings (SSSR count). The number of carbonyl (C=O) groups is 1. The molecule has 1 aliphatic heterocycles. The molecule has 1 saturated heterocycles. The van der Waals surface area contributed by atoms with E-state index in [9.17, 15) is 4.79 Å². The van der Waals surface area contributed by atoms with E-state index in [0.29, 0.717) is 34.8 Å². The fourth-order valence-corrected chi connectivity index (χ4v) is 4.03. The van der Waals surface area contributed by atoms with Crippen molar-refractivity contribution in [2.45, 2.75) is 24.4 Å². The van der Waals surface area contributed by atoms with Crippen molar-refractivity contribution in [3.63, 3.8) is 0 Å². The predicted molar refractivity (Wildman–Crippen MR) is 115 cm³/mol. The van der Waals surface area contributed by atoms with E-state index in [-0.39, 0.29) is 11.7 Å². The molecule has 0 aliphatic carbocycles. The van der Waals surface area contributed by atoms with Gasteiger partial charge in [-0.1, -0.05) is 29.4 Å². The number of carbonyl (C=O) groups excluding carboxylic acids is 1. The third kappa shape index (κ3) is 6.14. The number of hydrogen-bond acceptors (Lipinski definition) is 7.